The van der Waals surface area contributed by atoms with Crippen LogP contribution in [0.2, 0.25) is 0 Å². The van der Waals surface area contributed by atoms with Crippen molar-refractivity contribution >= 4 is 24.8 Å². The summed E-state index contributed by atoms with van der Waals surface area (Å²) in [7, 11) is 0. The highest BCUT2D eigenvalue weighted by Gasteiger charge is 2.16. The van der Waals surface area contributed by atoms with Gasteiger partial charge in [-0.15, -0.1) is 0 Å². The van der Waals surface area contributed by atoms with E-state index in [-0.39, 0.29) is 13.1 Å². The second kappa shape index (κ2) is 8.07. The minimum atomic E-state index is -0.997. The molecule has 106 valence electrons. The summed E-state index contributed by atoms with van der Waals surface area (Å²) in [6, 6.07) is 0. The topological polar surface area (TPSA) is 78.9 Å². The molecule has 0 aromatic carbocycles. The third kappa shape index (κ3) is 8.98. The Bertz CT molecular complexity index is 279. The van der Waals surface area contributed by atoms with Crippen molar-refractivity contribution in [1.29, 1.82) is 0 Å². The third-order valence-electron chi connectivity index (χ3n) is 1.91. The molecular formula is C11H22N2O4S. The number of rotatable bonds is 6. The van der Waals surface area contributed by atoms with Gasteiger partial charge < -0.3 is 20.1 Å². The minimum Gasteiger partial charge on any atom is -0.465 e. The van der Waals surface area contributed by atoms with Crippen LogP contribution in [0.4, 0.5) is 9.59 Å². The van der Waals surface area contributed by atoms with Gasteiger partial charge in [0.15, 0.2) is 0 Å². The number of carboxylic acid groups (broad SMARTS) is 1. The number of nitrogens with zero attached hydrogens (tertiary/aromatic N) is 1. The Labute approximate surface area is 113 Å². The average Bonchev–Trinajstić information content (AvgIpc) is 2.19. The molecule has 0 aliphatic carbocycles. The zero-order valence-electron chi connectivity index (χ0n) is 11.1. The lowest BCUT2D eigenvalue weighted by atomic mass is 10.2. The van der Waals surface area contributed by atoms with Crippen molar-refractivity contribution in [3.8, 4) is 0 Å². The second-order valence-corrected chi connectivity index (χ2v) is 5.22. The van der Waals surface area contributed by atoms with Crippen molar-refractivity contribution in [2.24, 2.45) is 0 Å². The van der Waals surface area contributed by atoms with Crippen LogP contribution in [-0.4, -0.2) is 53.2 Å². The monoisotopic (exact) mass is 278 g/mol. The molecule has 0 aliphatic rings. The first-order valence-electron chi connectivity index (χ1n) is 5.82. The smallest absolute Gasteiger partial charge is 0.407 e. The van der Waals surface area contributed by atoms with E-state index in [1.165, 1.54) is 4.90 Å². The zero-order valence-corrected chi connectivity index (χ0v) is 12.0. The summed E-state index contributed by atoms with van der Waals surface area (Å²) in [6.07, 6.45) is -0.855. The molecule has 2 amide bonds. The quantitative estimate of drug-likeness (QED) is 0.647. The normalized spacial score (nSPS) is 10.9. The molecule has 7 heteroatoms. The molecule has 0 heterocycles. The summed E-state index contributed by atoms with van der Waals surface area (Å²) in [5, 5.41) is 11.4. The third-order valence-corrected chi connectivity index (χ3v) is 2.22. The molecule has 18 heavy (non-hydrogen) atoms. The number of carbonyl (C=O) groups is 2. The van der Waals surface area contributed by atoms with Crippen LogP contribution >= 0.6 is 12.6 Å². The standard InChI is InChI=1S/C11H22N2O4S/c1-11(2,3)17-9(14)12-5-7-13(10(15)16)6-4-8-18/h18H,4-8H2,1-3H3,(H,12,14)(H,15,16). The maximum absolute atomic E-state index is 11.3. The Morgan fingerprint density at radius 2 is 1.94 bits per heavy atom. The lowest BCUT2D eigenvalue weighted by Crippen LogP contribution is -2.40. The number of ether oxygens (including phenoxy) is 1. The number of hydrogen-bond donors (Lipinski definition) is 3. The van der Waals surface area contributed by atoms with Gasteiger partial charge in [0.2, 0.25) is 0 Å². The van der Waals surface area contributed by atoms with Crippen LogP contribution < -0.4 is 5.32 Å². The highest BCUT2D eigenvalue weighted by Crippen LogP contribution is 2.06. The van der Waals surface area contributed by atoms with Crippen LogP contribution in [0.3, 0.4) is 0 Å². The molecule has 0 spiro atoms. The van der Waals surface area contributed by atoms with Crippen LogP contribution in [0.15, 0.2) is 0 Å². The van der Waals surface area contributed by atoms with Crippen molar-refractivity contribution in [3.63, 3.8) is 0 Å². The predicted octanol–water partition coefficient (Wildman–Crippen LogP) is 1.81. The van der Waals surface area contributed by atoms with Gasteiger partial charge in [0, 0.05) is 19.6 Å². The molecular weight excluding hydrogens is 256 g/mol. The Morgan fingerprint density at radius 1 is 1.33 bits per heavy atom. The van der Waals surface area contributed by atoms with Gasteiger partial charge in [0.25, 0.3) is 0 Å². The van der Waals surface area contributed by atoms with Gasteiger partial charge in [-0.1, -0.05) is 0 Å². The average molecular weight is 278 g/mol. The van der Waals surface area contributed by atoms with Crippen LogP contribution in [0.1, 0.15) is 27.2 Å². The van der Waals surface area contributed by atoms with Gasteiger partial charge in [-0.25, -0.2) is 9.59 Å². The van der Waals surface area contributed by atoms with E-state index in [0.717, 1.165) is 0 Å². The Hall–Kier alpha value is -1.11. The fraction of sp³-hybridized carbons (Fsp3) is 0.818. The minimum absolute atomic E-state index is 0.230. The zero-order chi connectivity index (χ0) is 14.2. The van der Waals surface area contributed by atoms with E-state index in [9.17, 15) is 9.59 Å². The van der Waals surface area contributed by atoms with Gasteiger partial charge in [-0.3, -0.25) is 0 Å². The summed E-state index contributed by atoms with van der Waals surface area (Å²) in [5.41, 5.74) is -0.553. The Kier molecular flexibility index (Phi) is 7.58. The number of carbonyl (C=O) groups excluding carboxylic acids is 1. The molecule has 6 nitrogen and oxygen atoms in total. The fourth-order valence-corrected chi connectivity index (χ4v) is 1.31. The Morgan fingerprint density at radius 3 is 2.39 bits per heavy atom. The second-order valence-electron chi connectivity index (χ2n) is 4.78. The van der Waals surface area contributed by atoms with E-state index in [2.05, 4.69) is 17.9 Å². The van der Waals surface area contributed by atoms with Crippen LogP contribution in [0, 0.1) is 0 Å². The number of amides is 2. The molecule has 0 atom stereocenters. The van der Waals surface area contributed by atoms with Crippen molar-refractivity contribution in [3.05, 3.63) is 0 Å². The van der Waals surface area contributed by atoms with E-state index in [1.54, 1.807) is 20.8 Å². The van der Waals surface area contributed by atoms with Crippen molar-refractivity contribution < 1.29 is 19.4 Å². The molecule has 0 saturated carbocycles. The molecule has 2 N–H and O–H groups in total. The summed E-state index contributed by atoms with van der Waals surface area (Å²) in [6.45, 7) is 6.18. The first-order chi connectivity index (χ1) is 8.26. The molecule has 0 aromatic rings. The highest BCUT2D eigenvalue weighted by molar-refractivity contribution is 7.80. The molecule has 0 bridgehead atoms. The van der Waals surface area contributed by atoms with Gasteiger partial charge in [0.1, 0.15) is 5.60 Å². The fourth-order valence-electron chi connectivity index (χ4n) is 1.17. The summed E-state index contributed by atoms with van der Waals surface area (Å²) in [4.78, 5) is 23.4. The number of nitrogens with one attached hydrogen (secondary N) is 1. The molecule has 0 saturated heterocycles. The lowest BCUT2D eigenvalue weighted by molar-refractivity contribution is 0.0520. The highest BCUT2D eigenvalue weighted by atomic mass is 32.1. The maximum atomic E-state index is 11.3. The van der Waals surface area contributed by atoms with E-state index < -0.39 is 17.8 Å². The van der Waals surface area contributed by atoms with E-state index in [0.29, 0.717) is 18.7 Å². The predicted molar refractivity (Wildman–Crippen MR) is 72.3 cm³/mol. The number of hydrogen-bond acceptors (Lipinski definition) is 4. The van der Waals surface area contributed by atoms with Crippen LogP contribution in [0.5, 0.6) is 0 Å². The molecule has 0 rings (SSSR count). The van der Waals surface area contributed by atoms with E-state index >= 15 is 0 Å². The molecule has 0 unspecified atom stereocenters. The van der Waals surface area contributed by atoms with Gasteiger partial charge in [-0.2, -0.15) is 12.6 Å². The lowest BCUT2D eigenvalue weighted by Gasteiger charge is -2.21. The van der Waals surface area contributed by atoms with Crippen molar-refractivity contribution in [1.82, 2.24) is 10.2 Å². The number of thiol groups is 1. The largest absolute Gasteiger partial charge is 0.465 e. The van der Waals surface area contributed by atoms with E-state index in [4.69, 9.17) is 9.84 Å². The van der Waals surface area contributed by atoms with Gasteiger partial charge in [0.05, 0.1) is 0 Å². The van der Waals surface area contributed by atoms with Gasteiger partial charge >= 0.3 is 12.2 Å². The maximum Gasteiger partial charge on any atom is 0.407 e. The summed E-state index contributed by atoms with van der Waals surface area (Å²) >= 11 is 4.02. The van der Waals surface area contributed by atoms with Crippen molar-refractivity contribution in [2.45, 2.75) is 32.8 Å². The van der Waals surface area contributed by atoms with E-state index in [1.807, 2.05) is 0 Å². The van der Waals surface area contributed by atoms with Crippen molar-refractivity contribution in [2.75, 3.05) is 25.4 Å². The SMILES string of the molecule is CC(C)(C)OC(=O)NCCN(CCCS)C(=O)O. The van der Waals surface area contributed by atoms with Crippen LogP contribution in [-0.2, 0) is 4.74 Å². The Balaban J connectivity index is 3.92. The molecule has 0 radical (unpaired) electrons. The molecule has 0 fully saturated rings. The summed E-state index contributed by atoms with van der Waals surface area (Å²) < 4.78 is 5.03. The van der Waals surface area contributed by atoms with Crippen LogP contribution in [0.25, 0.3) is 0 Å². The molecule has 0 aromatic heterocycles. The summed E-state index contributed by atoms with van der Waals surface area (Å²) in [5.74, 6) is 0.628. The first-order valence-corrected chi connectivity index (χ1v) is 6.45. The van der Waals surface area contributed by atoms with Gasteiger partial charge in [-0.05, 0) is 32.9 Å². The first kappa shape index (κ1) is 16.9. The molecule has 0 aliphatic heterocycles. The number of alkyl carbamates (subject to hydrolysis) is 1.